The number of halogens is 2. The number of nitrogens with zero attached hydrogens (tertiary/aromatic N) is 3. The number of carbonyl (C=O) groups excluding carboxylic acids is 5. The molecule has 276 valence electrons. The molecule has 3 aliphatic rings. The summed E-state index contributed by atoms with van der Waals surface area (Å²) in [5.41, 5.74) is 1.39. The first-order chi connectivity index (χ1) is 25.2. The average Bonchev–Trinajstić information content (AvgIpc) is 3.73. The Balaban J connectivity index is 0.873. The van der Waals surface area contributed by atoms with Gasteiger partial charge in [-0.25, -0.2) is 9.37 Å². The van der Waals surface area contributed by atoms with Gasteiger partial charge in [0.25, 0.3) is 17.7 Å². The maximum Gasteiger partial charge on any atom is 0.264 e. The van der Waals surface area contributed by atoms with Crippen LogP contribution in [0.5, 0.6) is 5.75 Å². The number of thiazole rings is 1. The van der Waals surface area contributed by atoms with Gasteiger partial charge in [0.2, 0.25) is 17.6 Å². The van der Waals surface area contributed by atoms with Crippen molar-refractivity contribution in [1.29, 1.82) is 0 Å². The Bertz CT molecular complexity index is 1840. The molecule has 0 radical (unpaired) electrons. The highest BCUT2D eigenvalue weighted by atomic mass is 32.1. The molecule has 3 aliphatic heterocycles. The minimum absolute atomic E-state index is 0.0345. The summed E-state index contributed by atoms with van der Waals surface area (Å²) in [5.74, 6) is -5.59. The highest BCUT2D eigenvalue weighted by molar-refractivity contribution is 7.14. The van der Waals surface area contributed by atoms with Crippen LogP contribution in [-0.4, -0.2) is 118 Å². The third kappa shape index (κ3) is 8.36. The Hall–Kier alpha value is -5.04. The van der Waals surface area contributed by atoms with E-state index >= 15 is 0 Å². The number of imide groups is 2. The SMILES string of the molecule is O=C(COc1c(-c2csc(N3CCOCC3)n2)ccc(F)c1F)NCCOCCOCCNc1cccc2c1C(=O)N(C1CCC(=O)NC1=O)C2=O. The molecule has 5 amide bonds. The number of carbonyl (C=O) groups is 5. The quantitative estimate of drug-likeness (QED) is 0.144. The number of aromatic nitrogens is 1. The maximum atomic E-state index is 14.8. The van der Waals surface area contributed by atoms with Gasteiger partial charge in [0.15, 0.2) is 23.3 Å². The Morgan fingerprint density at radius 1 is 0.981 bits per heavy atom. The summed E-state index contributed by atoms with van der Waals surface area (Å²) in [7, 11) is 0. The fourth-order valence-corrected chi connectivity index (χ4v) is 6.74. The minimum atomic E-state index is -1.21. The Morgan fingerprint density at radius 3 is 2.52 bits per heavy atom. The lowest BCUT2D eigenvalue weighted by Gasteiger charge is -2.27. The van der Waals surface area contributed by atoms with E-state index in [2.05, 4.69) is 20.9 Å². The molecule has 1 aromatic heterocycles. The standard InChI is InChI=1S/C34H36F2N6O9S/c35-22-5-4-20(24-19-52-34(39-24)41-10-14-50-15-11-41)30(29(22)36)51-18-27(44)38-9-13-49-17-16-48-12-8-37-23-3-1-2-21-28(23)33(47)42(32(21)46)25-6-7-26(43)40-31(25)45/h1-5,19,25,37H,6-18H2,(H,38,44)(H,40,43,45). The van der Waals surface area contributed by atoms with Crippen molar-refractivity contribution in [3.05, 3.63) is 58.5 Å². The van der Waals surface area contributed by atoms with Crippen molar-refractivity contribution >= 4 is 51.7 Å². The van der Waals surface area contributed by atoms with Crippen molar-refractivity contribution < 1.29 is 51.7 Å². The normalized spacial score (nSPS) is 17.3. The number of hydrogen-bond donors (Lipinski definition) is 3. The highest BCUT2D eigenvalue weighted by Gasteiger charge is 2.45. The molecule has 15 nitrogen and oxygen atoms in total. The Labute approximate surface area is 300 Å². The number of ether oxygens (including phenoxy) is 4. The number of amides is 5. The molecule has 3 aromatic rings. The van der Waals surface area contributed by atoms with E-state index in [1.165, 1.54) is 23.5 Å². The lowest BCUT2D eigenvalue weighted by molar-refractivity contribution is -0.136. The van der Waals surface area contributed by atoms with Gasteiger partial charge in [-0.2, -0.15) is 4.39 Å². The molecule has 0 saturated carbocycles. The summed E-state index contributed by atoms with van der Waals surface area (Å²) < 4.78 is 50.7. The largest absolute Gasteiger partial charge is 0.480 e. The van der Waals surface area contributed by atoms with Crippen LogP contribution in [0.15, 0.2) is 35.7 Å². The summed E-state index contributed by atoms with van der Waals surface area (Å²) >= 11 is 1.37. The molecule has 3 N–H and O–H groups in total. The van der Waals surface area contributed by atoms with Gasteiger partial charge in [-0.3, -0.25) is 34.2 Å². The lowest BCUT2D eigenvalue weighted by atomic mass is 10.0. The fourth-order valence-electron chi connectivity index (χ4n) is 5.86. The maximum absolute atomic E-state index is 14.8. The number of piperidine rings is 1. The van der Waals surface area contributed by atoms with E-state index in [0.29, 0.717) is 44.2 Å². The molecule has 0 aliphatic carbocycles. The van der Waals surface area contributed by atoms with Crippen LogP contribution in [0.4, 0.5) is 19.6 Å². The monoisotopic (exact) mass is 742 g/mol. The molecule has 2 saturated heterocycles. The van der Waals surface area contributed by atoms with E-state index < -0.39 is 59.6 Å². The van der Waals surface area contributed by atoms with E-state index in [4.69, 9.17) is 18.9 Å². The van der Waals surface area contributed by atoms with Crippen LogP contribution in [0.2, 0.25) is 0 Å². The second kappa shape index (κ2) is 17.0. The number of hydrogen-bond acceptors (Lipinski definition) is 13. The van der Waals surface area contributed by atoms with E-state index in [1.54, 1.807) is 17.5 Å². The summed E-state index contributed by atoms with van der Waals surface area (Å²) in [6, 6.07) is 6.10. The second-order valence-corrected chi connectivity index (χ2v) is 12.7. The number of benzene rings is 2. The first kappa shape index (κ1) is 36.7. The minimum Gasteiger partial charge on any atom is -0.480 e. The number of nitrogens with one attached hydrogen (secondary N) is 3. The molecule has 4 heterocycles. The number of fused-ring (bicyclic) bond motifs is 1. The van der Waals surface area contributed by atoms with Gasteiger partial charge in [-0.15, -0.1) is 11.3 Å². The van der Waals surface area contributed by atoms with Gasteiger partial charge in [-0.05, 0) is 30.7 Å². The molecule has 0 spiro atoms. The van der Waals surface area contributed by atoms with Crippen molar-refractivity contribution in [3.63, 3.8) is 0 Å². The summed E-state index contributed by atoms with van der Waals surface area (Å²) in [5, 5.41) is 10.3. The van der Waals surface area contributed by atoms with Crippen LogP contribution in [0, 0.1) is 11.6 Å². The zero-order valence-corrected chi connectivity index (χ0v) is 28.7. The summed E-state index contributed by atoms with van der Waals surface area (Å²) in [6.45, 7) is 3.24. The molecule has 1 unspecified atom stereocenters. The molecule has 2 fully saturated rings. The van der Waals surface area contributed by atoms with Gasteiger partial charge in [0.1, 0.15) is 6.04 Å². The first-order valence-corrected chi connectivity index (χ1v) is 17.5. The molecular formula is C34H36F2N6O9S. The summed E-state index contributed by atoms with van der Waals surface area (Å²) in [6.07, 6.45) is 0.104. The van der Waals surface area contributed by atoms with Crippen molar-refractivity contribution in [2.24, 2.45) is 0 Å². The van der Waals surface area contributed by atoms with Gasteiger partial charge >= 0.3 is 0 Å². The van der Waals surface area contributed by atoms with Crippen molar-refractivity contribution in [2.45, 2.75) is 18.9 Å². The molecule has 1 atom stereocenters. The zero-order valence-electron chi connectivity index (χ0n) is 27.9. The first-order valence-electron chi connectivity index (χ1n) is 16.6. The predicted octanol–water partition coefficient (Wildman–Crippen LogP) is 1.97. The van der Waals surface area contributed by atoms with Crippen molar-refractivity contribution in [2.75, 3.05) is 82.6 Å². The van der Waals surface area contributed by atoms with Gasteiger partial charge in [0, 0.05) is 49.2 Å². The fraction of sp³-hybridized carbons (Fsp3) is 0.412. The average molecular weight is 743 g/mol. The second-order valence-electron chi connectivity index (χ2n) is 11.8. The van der Waals surface area contributed by atoms with E-state index in [9.17, 15) is 32.8 Å². The third-order valence-electron chi connectivity index (χ3n) is 8.42. The zero-order chi connectivity index (χ0) is 36.6. The van der Waals surface area contributed by atoms with Crippen LogP contribution in [0.25, 0.3) is 11.3 Å². The molecule has 18 heteroatoms. The number of anilines is 2. The van der Waals surface area contributed by atoms with Crippen LogP contribution >= 0.6 is 11.3 Å². The highest BCUT2D eigenvalue weighted by Crippen LogP contribution is 2.37. The molecule has 6 rings (SSSR count). The molecular weight excluding hydrogens is 706 g/mol. The molecule has 52 heavy (non-hydrogen) atoms. The van der Waals surface area contributed by atoms with E-state index in [1.807, 2.05) is 4.90 Å². The third-order valence-corrected chi connectivity index (χ3v) is 9.32. The van der Waals surface area contributed by atoms with Crippen LogP contribution in [0.1, 0.15) is 33.6 Å². The molecule has 0 bridgehead atoms. The Morgan fingerprint density at radius 2 is 1.75 bits per heavy atom. The van der Waals surface area contributed by atoms with Crippen LogP contribution < -0.4 is 25.6 Å². The molecule has 2 aromatic carbocycles. The van der Waals surface area contributed by atoms with E-state index in [0.717, 1.165) is 16.1 Å². The smallest absolute Gasteiger partial charge is 0.264 e. The van der Waals surface area contributed by atoms with E-state index in [-0.39, 0.29) is 62.5 Å². The van der Waals surface area contributed by atoms with Crippen LogP contribution in [0.3, 0.4) is 0 Å². The van der Waals surface area contributed by atoms with Crippen molar-refractivity contribution in [3.8, 4) is 17.0 Å². The van der Waals surface area contributed by atoms with Gasteiger partial charge < -0.3 is 34.5 Å². The topological polar surface area (TPSA) is 178 Å². The summed E-state index contributed by atoms with van der Waals surface area (Å²) in [4.78, 5) is 69.9. The van der Waals surface area contributed by atoms with Crippen LogP contribution in [-0.2, 0) is 28.6 Å². The Kier molecular flexibility index (Phi) is 12.0. The predicted molar refractivity (Wildman–Crippen MR) is 182 cm³/mol. The van der Waals surface area contributed by atoms with Gasteiger partial charge in [0.05, 0.1) is 56.5 Å². The lowest BCUT2D eigenvalue weighted by Crippen LogP contribution is -2.54. The number of rotatable bonds is 16. The van der Waals surface area contributed by atoms with Crippen molar-refractivity contribution in [1.82, 2.24) is 20.5 Å². The van der Waals surface area contributed by atoms with Gasteiger partial charge in [-0.1, -0.05) is 6.07 Å². The number of morpholine rings is 1.